The Kier molecular flexibility index (Phi) is 4.54. The number of aromatic carboxylic acids is 1. The van der Waals surface area contributed by atoms with Gasteiger partial charge in [-0.15, -0.1) is 11.3 Å². The highest BCUT2D eigenvalue weighted by molar-refractivity contribution is 7.15. The molecule has 1 aromatic heterocycles. The lowest BCUT2D eigenvalue weighted by Gasteiger charge is -2.03. The molecule has 0 amide bonds. The SMILES string of the molecule is Cc1sc(NCCCOCC2CC2)nc1C(=O)O. The van der Waals surface area contributed by atoms with Crippen LogP contribution in [0.4, 0.5) is 5.13 Å². The van der Waals surface area contributed by atoms with E-state index in [-0.39, 0.29) is 5.69 Å². The molecule has 1 saturated carbocycles. The smallest absolute Gasteiger partial charge is 0.355 e. The topological polar surface area (TPSA) is 71.5 Å². The Balaban J connectivity index is 1.63. The van der Waals surface area contributed by atoms with Gasteiger partial charge in [0, 0.05) is 24.6 Å². The number of hydrogen-bond acceptors (Lipinski definition) is 5. The van der Waals surface area contributed by atoms with Crippen molar-refractivity contribution in [3.63, 3.8) is 0 Å². The number of rotatable bonds is 8. The molecular weight excluding hydrogens is 252 g/mol. The number of ether oxygens (including phenoxy) is 1. The van der Waals surface area contributed by atoms with Crippen LogP contribution >= 0.6 is 11.3 Å². The molecule has 0 atom stereocenters. The van der Waals surface area contributed by atoms with Gasteiger partial charge in [-0.05, 0) is 32.1 Å². The Morgan fingerprint density at radius 1 is 1.61 bits per heavy atom. The third-order valence-electron chi connectivity index (χ3n) is 2.79. The Hall–Kier alpha value is -1.14. The first-order valence-corrected chi connectivity index (χ1v) is 7.01. The van der Waals surface area contributed by atoms with E-state index in [2.05, 4.69) is 10.3 Å². The first-order chi connectivity index (χ1) is 8.66. The summed E-state index contributed by atoms with van der Waals surface area (Å²) in [4.78, 5) is 15.6. The number of hydrogen-bond donors (Lipinski definition) is 2. The Bertz CT molecular complexity index is 415. The van der Waals surface area contributed by atoms with Crippen LogP contribution < -0.4 is 5.32 Å². The lowest BCUT2D eigenvalue weighted by Crippen LogP contribution is -2.07. The van der Waals surface area contributed by atoms with Crippen LogP contribution in [-0.2, 0) is 4.74 Å². The van der Waals surface area contributed by atoms with E-state index >= 15 is 0 Å². The zero-order valence-corrected chi connectivity index (χ0v) is 11.3. The molecule has 2 rings (SSSR count). The van der Waals surface area contributed by atoms with E-state index in [4.69, 9.17) is 9.84 Å². The van der Waals surface area contributed by atoms with Crippen molar-refractivity contribution in [2.75, 3.05) is 25.1 Å². The quantitative estimate of drug-likeness (QED) is 0.710. The molecule has 0 radical (unpaired) electrons. The van der Waals surface area contributed by atoms with E-state index in [9.17, 15) is 4.79 Å². The van der Waals surface area contributed by atoms with Crippen LogP contribution in [0.1, 0.15) is 34.6 Å². The number of carboxylic acids is 1. The normalized spacial score (nSPS) is 14.7. The maximum Gasteiger partial charge on any atom is 0.355 e. The lowest BCUT2D eigenvalue weighted by molar-refractivity contribution is 0.0690. The molecule has 0 spiro atoms. The van der Waals surface area contributed by atoms with Crippen LogP contribution in [0.3, 0.4) is 0 Å². The highest BCUT2D eigenvalue weighted by atomic mass is 32.1. The predicted molar refractivity (Wildman–Crippen MR) is 70.5 cm³/mol. The van der Waals surface area contributed by atoms with Gasteiger partial charge >= 0.3 is 5.97 Å². The van der Waals surface area contributed by atoms with Gasteiger partial charge in [0.15, 0.2) is 10.8 Å². The second-order valence-corrected chi connectivity index (χ2v) is 5.73. The summed E-state index contributed by atoms with van der Waals surface area (Å²) in [5.74, 6) is -0.165. The standard InChI is InChI=1S/C12H18N2O3S/c1-8-10(11(15)16)14-12(18-8)13-5-2-6-17-7-9-3-4-9/h9H,2-7H2,1H3,(H,13,14)(H,15,16). The fraction of sp³-hybridized carbons (Fsp3) is 0.667. The summed E-state index contributed by atoms with van der Waals surface area (Å²) in [5.41, 5.74) is 0.146. The van der Waals surface area contributed by atoms with Crippen molar-refractivity contribution >= 4 is 22.4 Å². The fourth-order valence-electron chi connectivity index (χ4n) is 1.57. The predicted octanol–water partition coefficient (Wildman–Crippen LogP) is 2.38. The first-order valence-electron chi connectivity index (χ1n) is 6.19. The van der Waals surface area contributed by atoms with Crippen molar-refractivity contribution in [1.29, 1.82) is 0 Å². The zero-order valence-electron chi connectivity index (χ0n) is 10.4. The molecule has 1 fully saturated rings. The molecule has 0 unspecified atom stereocenters. The molecule has 1 aromatic rings. The number of aryl methyl sites for hydroxylation is 1. The largest absolute Gasteiger partial charge is 0.476 e. The van der Waals surface area contributed by atoms with Crippen LogP contribution in [0.5, 0.6) is 0 Å². The number of anilines is 1. The summed E-state index contributed by atoms with van der Waals surface area (Å²) >= 11 is 1.38. The molecule has 0 aliphatic heterocycles. The number of thiazole rings is 1. The Morgan fingerprint density at radius 3 is 3.00 bits per heavy atom. The highest BCUT2D eigenvalue weighted by Gasteiger charge is 2.20. The van der Waals surface area contributed by atoms with Gasteiger partial charge in [-0.2, -0.15) is 0 Å². The van der Waals surface area contributed by atoms with E-state index in [0.29, 0.717) is 5.13 Å². The maximum absolute atomic E-state index is 10.8. The molecule has 0 bridgehead atoms. The monoisotopic (exact) mass is 270 g/mol. The van der Waals surface area contributed by atoms with Crippen LogP contribution in [0.15, 0.2) is 0 Å². The van der Waals surface area contributed by atoms with E-state index in [0.717, 1.165) is 37.0 Å². The van der Waals surface area contributed by atoms with Crippen LogP contribution in [0, 0.1) is 12.8 Å². The second kappa shape index (κ2) is 6.15. The molecular formula is C12H18N2O3S. The van der Waals surface area contributed by atoms with Gasteiger partial charge in [0.25, 0.3) is 0 Å². The summed E-state index contributed by atoms with van der Waals surface area (Å²) in [5, 5.41) is 12.7. The van der Waals surface area contributed by atoms with E-state index in [1.165, 1.54) is 24.2 Å². The average Bonchev–Trinajstić information content (AvgIpc) is 3.06. The average molecular weight is 270 g/mol. The van der Waals surface area contributed by atoms with Crippen LogP contribution in [0.2, 0.25) is 0 Å². The van der Waals surface area contributed by atoms with Crippen LogP contribution in [-0.4, -0.2) is 35.8 Å². The molecule has 1 heterocycles. The van der Waals surface area contributed by atoms with Gasteiger partial charge in [0.1, 0.15) is 0 Å². The minimum absolute atomic E-state index is 0.146. The molecule has 0 saturated heterocycles. The molecule has 1 aliphatic rings. The third kappa shape index (κ3) is 3.96. The van der Waals surface area contributed by atoms with Gasteiger partial charge < -0.3 is 15.2 Å². The van der Waals surface area contributed by atoms with Crippen molar-refractivity contribution in [2.24, 2.45) is 5.92 Å². The minimum atomic E-state index is -0.968. The number of carbonyl (C=O) groups is 1. The van der Waals surface area contributed by atoms with Gasteiger partial charge in [-0.25, -0.2) is 9.78 Å². The Labute approximate surface area is 110 Å². The number of aromatic nitrogens is 1. The molecule has 5 nitrogen and oxygen atoms in total. The summed E-state index contributed by atoms with van der Waals surface area (Å²) < 4.78 is 5.51. The van der Waals surface area contributed by atoms with Crippen molar-refractivity contribution in [1.82, 2.24) is 4.98 Å². The van der Waals surface area contributed by atoms with E-state index in [1.807, 2.05) is 0 Å². The molecule has 100 valence electrons. The Morgan fingerprint density at radius 2 is 2.39 bits per heavy atom. The maximum atomic E-state index is 10.8. The molecule has 0 aromatic carbocycles. The van der Waals surface area contributed by atoms with Crippen molar-refractivity contribution in [3.8, 4) is 0 Å². The fourth-order valence-corrected chi connectivity index (χ4v) is 2.41. The van der Waals surface area contributed by atoms with Crippen molar-refractivity contribution < 1.29 is 14.6 Å². The molecule has 6 heteroatoms. The molecule has 2 N–H and O–H groups in total. The van der Waals surface area contributed by atoms with Gasteiger partial charge in [-0.1, -0.05) is 0 Å². The highest BCUT2D eigenvalue weighted by Crippen LogP contribution is 2.28. The summed E-state index contributed by atoms with van der Waals surface area (Å²) in [7, 11) is 0. The summed E-state index contributed by atoms with van der Waals surface area (Å²) in [6, 6.07) is 0. The van der Waals surface area contributed by atoms with E-state index < -0.39 is 5.97 Å². The molecule has 1 aliphatic carbocycles. The van der Waals surface area contributed by atoms with E-state index in [1.54, 1.807) is 6.92 Å². The first kappa shape index (κ1) is 13.3. The lowest BCUT2D eigenvalue weighted by atomic mass is 10.4. The summed E-state index contributed by atoms with van der Waals surface area (Å²) in [6.07, 6.45) is 3.54. The van der Waals surface area contributed by atoms with Crippen molar-refractivity contribution in [2.45, 2.75) is 26.2 Å². The van der Waals surface area contributed by atoms with Gasteiger partial charge in [-0.3, -0.25) is 0 Å². The van der Waals surface area contributed by atoms with Gasteiger partial charge in [0.05, 0.1) is 0 Å². The second-order valence-electron chi connectivity index (χ2n) is 4.53. The molecule has 18 heavy (non-hydrogen) atoms. The number of nitrogens with one attached hydrogen (secondary N) is 1. The summed E-state index contributed by atoms with van der Waals surface area (Å²) in [6.45, 7) is 4.17. The van der Waals surface area contributed by atoms with Gasteiger partial charge in [0.2, 0.25) is 0 Å². The zero-order chi connectivity index (χ0) is 13.0. The van der Waals surface area contributed by atoms with Crippen molar-refractivity contribution in [3.05, 3.63) is 10.6 Å². The minimum Gasteiger partial charge on any atom is -0.476 e. The number of carboxylic acid groups (broad SMARTS) is 1. The third-order valence-corrected chi connectivity index (χ3v) is 3.72. The number of nitrogens with zero attached hydrogens (tertiary/aromatic N) is 1. The van der Waals surface area contributed by atoms with Crippen LogP contribution in [0.25, 0.3) is 0 Å².